The number of hydrogen-bond acceptors (Lipinski definition) is 2. The molecule has 0 aliphatic rings. The Balaban J connectivity index is 1.88. The summed E-state index contributed by atoms with van der Waals surface area (Å²) in [4.78, 5) is 2.84. The fraction of sp³-hybridized carbons (Fsp3) is 0. The van der Waals surface area contributed by atoms with Crippen LogP contribution in [0.4, 0.5) is 5.69 Å². The summed E-state index contributed by atoms with van der Waals surface area (Å²) in [6.07, 6.45) is 3.90. The predicted molar refractivity (Wildman–Crippen MR) is 88.3 cm³/mol. The van der Waals surface area contributed by atoms with Crippen molar-refractivity contribution in [2.24, 2.45) is 5.11 Å². The highest BCUT2D eigenvalue weighted by atomic mass is 16.3. The fourth-order valence-corrected chi connectivity index (χ4v) is 2.15. The molecule has 106 valence electrons. The normalized spacial score (nSPS) is 10.5. The smallest absolute Gasteiger partial charge is 0.135 e. The minimum Gasteiger partial charge on any atom is -0.457 e. The summed E-state index contributed by atoms with van der Waals surface area (Å²) in [5.41, 5.74) is 11.1. The largest absolute Gasteiger partial charge is 0.457 e. The number of benzene rings is 2. The molecular formula is C18H13N3O. The summed E-state index contributed by atoms with van der Waals surface area (Å²) >= 11 is 0. The molecule has 0 unspecified atom stereocenters. The van der Waals surface area contributed by atoms with Gasteiger partial charge in [0.2, 0.25) is 0 Å². The van der Waals surface area contributed by atoms with Gasteiger partial charge in [-0.05, 0) is 29.3 Å². The van der Waals surface area contributed by atoms with Crippen LogP contribution in [0.3, 0.4) is 0 Å². The van der Waals surface area contributed by atoms with E-state index in [0.717, 1.165) is 16.9 Å². The predicted octanol–water partition coefficient (Wildman–Crippen LogP) is 6.06. The molecule has 1 heterocycles. The molecule has 0 saturated carbocycles. The molecule has 0 saturated heterocycles. The summed E-state index contributed by atoms with van der Waals surface area (Å²) in [5.74, 6) is 1.42. The van der Waals surface area contributed by atoms with Gasteiger partial charge < -0.3 is 4.42 Å². The summed E-state index contributed by atoms with van der Waals surface area (Å²) in [6.45, 7) is 0. The van der Waals surface area contributed by atoms with Crippen molar-refractivity contribution in [2.45, 2.75) is 0 Å². The molecule has 0 aliphatic carbocycles. The second kappa shape index (κ2) is 6.48. The minimum atomic E-state index is 0.554. The van der Waals surface area contributed by atoms with Crippen molar-refractivity contribution in [2.75, 3.05) is 0 Å². The van der Waals surface area contributed by atoms with Gasteiger partial charge in [-0.3, -0.25) is 0 Å². The van der Waals surface area contributed by atoms with Crippen molar-refractivity contribution in [3.63, 3.8) is 0 Å². The standard InChI is InChI=1S/C18H13N3O/c19-21-20-17-9-5-4-8-16(17)18-13-12-15(22-18)11-10-14-6-2-1-3-7-14/h1-13H. The zero-order chi connectivity index (χ0) is 15.2. The van der Waals surface area contributed by atoms with E-state index in [2.05, 4.69) is 10.0 Å². The van der Waals surface area contributed by atoms with Gasteiger partial charge in [0.25, 0.3) is 0 Å². The molecule has 2 aromatic carbocycles. The Morgan fingerprint density at radius 2 is 1.64 bits per heavy atom. The Morgan fingerprint density at radius 3 is 2.45 bits per heavy atom. The lowest BCUT2D eigenvalue weighted by Crippen LogP contribution is -1.74. The number of rotatable bonds is 4. The average Bonchev–Trinajstić information content (AvgIpc) is 3.04. The second-order valence-corrected chi connectivity index (χ2v) is 4.65. The first-order valence-corrected chi connectivity index (χ1v) is 6.84. The molecule has 0 bridgehead atoms. The van der Waals surface area contributed by atoms with Gasteiger partial charge in [-0.15, -0.1) is 0 Å². The quantitative estimate of drug-likeness (QED) is 0.327. The van der Waals surface area contributed by atoms with Crippen LogP contribution >= 0.6 is 0 Å². The van der Waals surface area contributed by atoms with E-state index < -0.39 is 0 Å². The molecule has 0 aliphatic heterocycles. The topological polar surface area (TPSA) is 61.9 Å². The summed E-state index contributed by atoms with van der Waals surface area (Å²) in [5, 5.41) is 3.69. The SMILES string of the molecule is [N-]=[N+]=Nc1ccccc1-c1ccc(C=Cc2ccccc2)o1. The lowest BCUT2D eigenvalue weighted by molar-refractivity contribution is 0.572. The van der Waals surface area contributed by atoms with E-state index in [1.807, 2.05) is 72.8 Å². The lowest BCUT2D eigenvalue weighted by atomic mass is 10.1. The third-order valence-corrected chi connectivity index (χ3v) is 3.19. The van der Waals surface area contributed by atoms with Gasteiger partial charge >= 0.3 is 0 Å². The molecule has 22 heavy (non-hydrogen) atoms. The third kappa shape index (κ3) is 3.08. The molecule has 0 spiro atoms. The molecule has 3 rings (SSSR count). The molecule has 0 fully saturated rings. The van der Waals surface area contributed by atoms with Crippen LogP contribution in [-0.4, -0.2) is 0 Å². The number of furan rings is 1. The Bertz CT molecular complexity index is 844. The first kappa shape index (κ1) is 13.7. The number of azide groups is 1. The van der Waals surface area contributed by atoms with Crippen molar-refractivity contribution in [3.8, 4) is 11.3 Å². The Hall–Kier alpha value is -3.23. The van der Waals surface area contributed by atoms with Crippen molar-refractivity contribution < 1.29 is 4.42 Å². The molecule has 4 heteroatoms. The van der Waals surface area contributed by atoms with Crippen LogP contribution < -0.4 is 0 Å². The van der Waals surface area contributed by atoms with E-state index in [4.69, 9.17) is 9.95 Å². The van der Waals surface area contributed by atoms with Crippen molar-refractivity contribution in [3.05, 3.63) is 88.5 Å². The zero-order valence-electron chi connectivity index (χ0n) is 11.8. The van der Waals surface area contributed by atoms with E-state index >= 15 is 0 Å². The third-order valence-electron chi connectivity index (χ3n) is 3.19. The van der Waals surface area contributed by atoms with Gasteiger partial charge in [0.05, 0.1) is 0 Å². The fourth-order valence-electron chi connectivity index (χ4n) is 2.15. The maximum Gasteiger partial charge on any atom is 0.135 e. The van der Waals surface area contributed by atoms with Gasteiger partial charge in [-0.1, -0.05) is 65.8 Å². The number of hydrogen-bond donors (Lipinski definition) is 0. The minimum absolute atomic E-state index is 0.554. The Kier molecular flexibility index (Phi) is 4.05. The summed E-state index contributed by atoms with van der Waals surface area (Å²) in [7, 11) is 0. The summed E-state index contributed by atoms with van der Waals surface area (Å²) in [6, 6.07) is 21.1. The van der Waals surface area contributed by atoms with Crippen molar-refractivity contribution in [1.29, 1.82) is 0 Å². The van der Waals surface area contributed by atoms with Crippen molar-refractivity contribution >= 4 is 17.8 Å². The van der Waals surface area contributed by atoms with E-state index in [-0.39, 0.29) is 0 Å². The van der Waals surface area contributed by atoms with Crippen LogP contribution in [-0.2, 0) is 0 Å². The van der Waals surface area contributed by atoms with Crippen LogP contribution in [0.25, 0.3) is 33.9 Å². The summed E-state index contributed by atoms with van der Waals surface area (Å²) < 4.78 is 5.81. The van der Waals surface area contributed by atoms with Gasteiger partial charge in [0, 0.05) is 16.2 Å². The van der Waals surface area contributed by atoms with Gasteiger partial charge in [-0.25, -0.2) is 0 Å². The zero-order valence-corrected chi connectivity index (χ0v) is 11.8. The second-order valence-electron chi connectivity index (χ2n) is 4.65. The van der Waals surface area contributed by atoms with Crippen LogP contribution in [0.2, 0.25) is 0 Å². The molecule has 3 aromatic rings. The highest BCUT2D eigenvalue weighted by molar-refractivity contribution is 5.74. The van der Waals surface area contributed by atoms with Crippen LogP contribution in [0, 0.1) is 0 Å². The molecule has 0 atom stereocenters. The molecule has 0 radical (unpaired) electrons. The maximum absolute atomic E-state index is 8.62. The van der Waals surface area contributed by atoms with E-state index in [1.165, 1.54) is 0 Å². The highest BCUT2D eigenvalue weighted by Gasteiger charge is 2.07. The Labute approximate surface area is 128 Å². The molecule has 0 amide bonds. The van der Waals surface area contributed by atoms with Gasteiger partial charge in [-0.2, -0.15) is 0 Å². The van der Waals surface area contributed by atoms with E-state index in [1.54, 1.807) is 6.07 Å². The lowest BCUT2D eigenvalue weighted by Gasteiger charge is -2.00. The Morgan fingerprint density at radius 1 is 0.864 bits per heavy atom. The van der Waals surface area contributed by atoms with Crippen LogP contribution in [0.1, 0.15) is 11.3 Å². The van der Waals surface area contributed by atoms with E-state index in [9.17, 15) is 0 Å². The van der Waals surface area contributed by atoms with Gasteiger partial charge in [0.15, 0.2) is 0 Å². The number of nitrogens with zero attached hydrogens (tertiary/aromatic N) is 3. The monoisotopic (exact) mass is 287 g/mol. The molecule has 0 N–H and O–H groups in total. The maximum atomic E-state index is 8.62. The molecular weight excluding hydrogens is 274 g/mol. The molecule has 1 aromatic heterocycles. The van der Waals surface area contributed by atoms with Crippen LogP contribution in [0.15, 0.2) is 76.3 Å². The highest BCUT2D eigenvalue weighted by Crippen LogP contribution is 2.31. The first-order chi connectivity index (χ1) is 10.9. The molecule has 4 nitrogen and oxygen atoms in total. The van der Waals surface area contributed by atoms with Crippen molar-refractivity contribution in [1.82, 2.24) is 0 Å². The van der Waals surface area contributed by atoms with Gasteiger partial charge in [0.1, 0.15) is 11.5 Å². The first-order valence-electron chi connectivity index (χ1n) is 6.84. The van der Waals surface area contributed by atoms with Crippen LogP contribution in [0.5, 0.6) is 0 Å². The van der Waals surface area contributed by atoms with E-state index in [0.29, 0.717) is 11.4 Å². The average molecular weight is 287 g/mol.